The number of fused-ring (bicyclic) bond motifs is 2. The summed E-state index contributed by atoms with van der Waals surface area (Å²) < 4.78 is 5.53. The van der Waals surface area contributed by atoms with Crippen LogP contribution in [0.3, 0.4) is 0 Å². The van der Waals surface area contributed by atoms with Crippen LogP contribution in [-0.4, -0.2) is 29.5 Å². The number of aliphatic hydroxyl groups excluding tert-OH is 1. The van der Waals surface area contributed by atoms with Crippen molar-refractivity contribution in [2.75, 3.05) is 13.1 Å². The molecule has 3 aromatic rings. The van der Waals surface area contributed by atoms with Crippen molar-refractivity contribution in [2.24, 2.45) is 0 Å². The number of rotatable bonds is 4. The first-order chi connectivity index (χ1) is 13.8. The van der Waals surface area contributed by atoms with Crippen molar-refractivity contribution < 1.29 is 9.63 Å². The van der Waals surface area contributed by atoms with Crippen LogP contribution in [0, 0.1) is 0 Å². The summed E-state index contributed by atoms with van der Waals surface area (Å²) in [5.74, 6) is 0.773. The molecule has 1 saturated heterocycles. The van der Waals surface area contributed by atoms with E-state index in [1.165, 1.54) is 11.1 Å². The number of benzene rings is 2. The van der Waals surface area contributed by atoms with E-state index in [9.17, 15) is 5.11 Å². The fourth-order valence-electron chi connectivity index (χ4n) is 4.88. The van der Waals surface area contributed by atoms with Crippen molar-refractivity contribution in [1.82, 2.24) is 15.8 Å². The van der Waals surface area contributed by atoms with E-state index in [0.29, 0.717) is 6.54 Å². The molecule has 0 saturated carbocycles. The average Bonchev–Trinajstić information content (AvgIpc) is 3.31. The predicted molar refractivity (Wildman–Crippen MR) is 108 cm³/mol. The average molecular weight is 375 g/mol. The van der Waals surface area contributed by atoms with E-state index in [-0.39, 0.29) is 11.5 Å². The van der Waals surface area contributed by atoms with Crippen LogP contribution in [0.5, 0.6) is 0 Å². The Hall–Kier alpha value is -2.47. The highest BCUT2D eigenvalue weighted by Crippen LogP contribution is 2.50. The van der Waals surface area contributed by atoms with Crippen molar-refractivity contribution in [1.29, 1.82) is 0 Å². The first-order valence-corrected chi connectivity index (χ1v) is 10.0. The fourth-order valence-corrected chi connectivity index (χ4v) is 4.88. The summed E-state index contributed by atoms with van der Waals surface area (Å²) in [7, 11) is 0. The lowest BCUT2D eigenvalue weighted by Crippen LogP contribution is -2.47. The molecule has 1 spiro atoms. The second-order valence-corrected chi connectivity index (χ2v) is 7.84. The van der Waals surface area contributed by atoms with Gasteiger partial charge in [0, 0.05) is 17.0 Å². The summed E-state index contributed by atoms with van der Waals surface area (Å²) in [5, 5.41) is 22.5. The van der Waals surface area contributed by atoms with Gasteiger partial charge in [-0.15, -0.1) is 0 Å². The molecule has 0 amide bonds. The van der Waals surface area contributed by atoms with Crippen molar-refractivity contribution in [3.05, 3.63) is 77.6 Å². The third kappa shape index (κ3) is 2.87. The van der Waals surface area contributed by atoms with Crippen LogP contribution >= 0.6 is 0 Å². The van der Waals surface area contributed by atoms with E-state index < -0.39 is 6.10 Å². The van der Waals surface area contributed by atoms with E-state index in [2.05, 4.69) is 40.1 Å². The molecule has 1 fully saturated rings. The normalized spacial score (nSPS) is 23.0. The SMILES string of the molecule is O[C@H]1[C@H](NCc2cc(-c3ccccc3)no2)c2ccccc2C12CCNCC2. The molecule has 1 aliphatic heterocycles. The molecule has 2 atom stereocenters. The molecule has 3 N–H and O–H groups in total. The van der Waals surface area contributed by atoms with Crippen LogP contribution in [0.1, 0.15) is 35.8 Å². The lowest BCUT2D eigenvalue weighted by molar-refractivity contribution is 0.0432. The van der Waals surface area contributed by atoms with Gasteiger partial charge in [-0.3, -0.25) is 0 Å². The molecule has 5 rings (SSSR count). The molecule has 1 aromatic heterocycles. The molecule has 0 radical (unpaired) electrons. The zero-order chi connectivity index (χ0) is 19.0. The van der Waals surface area contributed by atoms with E-state index in [1.807, 2.05) is 36.4 Å². The summed E-state index contributed by atoms with van der Waals surface area (Å²) in [5.41, 5.74) is 4.22. The Morgan fingerprint density at radius 1 is 1.07 bits per heavy atom. The Morgan fingerprint density at radius 2 is 1.82 bits per heavy atom. The number of aromatic nitrogens is 1. The number of hydrogen-bond donors (Lipinski definition) is 3. The standard InChI is InChI=1S/C23H25N3O2/c27-22-21(18-8-4-5-9-19(18)23(22)10-12-24-13-11-23)25-15-17-14-20(26-28-17)16-6-2-1-3-7-16/h1-9,14,21-22,24-25,27H,10-13,15H2/t21-,22+/m1/s1. The summed E-state index contributed by atoms with van der Waals surface area (Å²) in [6.07, 6.45) is 1.48. The minimum absolute atomic E-state index is 0.0976. The first kappa shape index (κ1) is 17.6. The Kier molecular flexibility index (Phi) is 4.51. The monoisotopic (exact) mass is 375 g/mol. The summed E-state index contributed by atoms with van der Waals surface area (Å²) in [6, 6.07) is 20.4. The maximum absolute atomic E-state index is 11.3. The van der Waals surface area contributed by atoms with Crippen LogP contribution in [0.2, 0.25) is 0 Å². The predicted octanol–water partition coefficient (Wildman–Crippen LogP) is 3.17. The molecule has 144 valence electrons. The Morgan fingerprint density at radius 3 is 2.64 bits per heavy atom. The fraction of sp³-hybridized carbons (Fsp3) is 0.348. The Labute approximate surface area is 164 Å². The van der Waals surface area contributed by atoms with Gasteiger partial charge >= 0.3 is 0 Å². The van der Waals surface area contributed by atoms with Gasteiger partial charge in [-0.25, -0.2) is 0 Å². The smallest absolute Gasteiger partial charge is 0.151 e. The highest BCUT2D eigenvalue weighted by molar-refractivity contribution is 5.58. The van der Waals surface area contributed by atoms with Crippen molar-refractivity contribution in [3.63, 3.8) is 0 Å². The van der Waals surface area contributed by atoms with Crippen LogP contribution < -0.4 is 10.6 Å². The second-order valence-electron chi connectivity index (χ2n) is 7.84. The van der Waals surface area contributed by atoms with Crippen molar-refractivity contribution in [3.8, 4) is 11.3 Å². The highest BCUT2D eigenvalue weighted by atomic mass is 16.5. The second kappa shape index (κ2) is 7.17. The molecule has 5 heteroatoms. The van der Waals surface area contributed by atoms with Gasteiger partial charge in [0.05, 0.1) is 18.7 Å². The topological polar surface area (TPSA) is 70.3 Å². The Bertz CT molecular complexity index is 947. The molecule has 5 nitrogen and oxygen atoms in total. The van der Waals surface area contributed by atoms with E-state index in [0.717, 1.165) is 42.9 Å². The van der Waals surface area contributed by atoms with Gasteiger partial charge in [0.1, 0.15) is 5.69 Å². The van der Waals surface area contributed by atoms with E-state index in [4.69, 9.17) is 4.52 Å². The van der Waals surface area contributed by atoms with Crippen LogP contribution in [0.25, 0.3) is 11.3 Å². The van der Waals surface area contributed by atoms with Gasteiger partial charge in [0.2, 0.25) is 0 Å². The number of nitrogens with zero attached hydrogens (tertiary/aromatic N) is 1. The third-order valence-corrected chi connectivity index (χ3v) is 6.33. The van der Waals surface area contributed by atoms with E-state index >= 15 is 0 Å². The molecule has 2 heterocycles. The van der Waals surface area contributed by atoms with Gasteiger partial charge in [-0.05, 0) is 37.1 Å². The number of aliphatic hydroxyl groups is 1. The number of nitrogens with one attached hydrogen (secondary N) is 2. The molecule has 2 aromatic carbocycles. The largest absolute Gasteiger partial charge is 0.390 e. The van der Waals surface area contributed by atoms with Crippen LogP contribution in [0.15, 0.2) is 65.2 Å². The van der Waals surface area contributed by atoms with E-state index in [1.54, 1.807) is 0 Å². The van der Waals surface area contributed by atoms with Crippen molar-refractivity contribution in [2.45, 2.75) is 36.9 Å². The number of piperidine rings is 1. The number of hydrogen-bond acceptors (Lipinski definition) is 5. The van der Waals surface area contributed by atoms with Gasteiger partial charge < -0.3 is 20.3 Å². The van der Waals surface area contributed by atoms with Gasteiger partial charge in [0.15, 0.2) is 5.76 Å². The zero-order valence-electron chi connectivity index (χ0n) is 15.8. The molecule has 0 unspecified atom stereocenters. The first-order valence-electron chi connectivity index (χ1n) is 10.0. The minimum atomic E-state index is -0.441. The molecule has 2 aliphatic rings. The summed E-state index contributed by atoms with van der Waals surface area (Å²) in [4.78, 5) is 0. The van der Waals surface area contributed by atoms with Gasteiger partial charge in [-0.1, -0.05) is 59.8 Å². The molecule has 1 aliphatic carbocycles. The van der Waals surface area contributed by atoms with Crippen LogP contribution in [-0.2, 0) is 12.0 Å². The molecule has 28 heavy (non-hydrogen) atoms. The maximum atomic E-state index is 11.3. The molecular weight excluding hydrogens is 350 g/mol. The quantitative estimate of drug-likeness (QED) is 0.653. The molecular formula is C23H25N3O2. The zero-order valence-corrected chi connectivity index (χ0v) is 15.8. The third-order valence-electron chi connectivity index (χ3n) is 6.33. The summed E-state index contributed by atoms with van der Waals surface area (Å²) >= 11 is 0. The lowest BCUT2D eigenvalue weighted by Gasteiger charge is -2.39. The van der Waals surface area contributed by atoms with Crippen molar-refractivity contribution >= 4 is 0 Å². The summed E-state index contributed by atoms with van der Waals surface area (Å²) in [6.45, 7) is 2.42. The Balaban J connectivity index is 1.37. The van der Waals surface area contributed by atoms with Gasteiger partial charge in [-0.2, -0.15) is 0 Å². The lowest BCUT2D eigenvalue weighted by atomic mass is 9.72. The molecule has 0 bridgehead atoms. The maximum Gasteiger partial charge on any atom is 0.151 e. The highest BCUT2D eigenvalue weighted by Gasteiger charge is 2.51. The van der Waals surface area contributed by atoms with Crippen LogP contribution in [0.4, 0.5) is 0 Å². The minimum Gasteiger partial charge on any atom is -0.390 e. The van der Waals surface area contributed by atoms with Gasteiger partial charge in [0.25, 0.3) is 0 Å².